The van der Waals surface area contributed by atoms with E-state index in [4.69, 9.17) is 0 Å². The highest BCUT2D eigenvalue weighted by molar-refractivity contribution is 5.31. The van der Waals surface area contributed by atoms with Gasteiger partial charge in [0.1, 0.15) is 5.69 Å². The monoisotopic (exact) mass is 316 g/mol. The third-order valence-electron chi connectivity index (χ3n) is 4.39. The van der Waals surface area contributed by atoms with Crippen LogP contribution < -0.4 is 4.90 Å². The van der Waals surface area contributed by atoms with E-state index >= 15 is 0 Å². The Morgan fingerprint density at radius 1 is 1.14 bits per heavy atom. The number of nitrogens with zero attached hydrogens (tertiary/aromatic N) is 4. The minimum Gasteiger partial charge on any atom is -0.392 e. The lowest BCUT2D eigenvalue weighted by Gasteiger charge is -2.36. The van der Waals surface area contributed by atoms with Crippen molar-refractivity contribution in [3.63, 3.8) is 0 Å². The predicted octanol–water partition coefficient (Wildman–Crippen LogP) is 1.53. The predicted molar refractivity (Wildman–Crippen MR) is 74.5 cm³/mol. The van der Waals surface area contributed by atoms with Crippen LogP contribution in [0.15, 0.2) is 12.3 Å². The minimum atomic E-state index is -4.44. The van der Waals surface area contributed by atoms with E-state index in [0.29, 0.717) is 25.7 Å². The summed E-state index contributed by atoms with van der Waals surface area (Å²) in [5.74, 6) is 0.148. The number of rotatable bonds is 2. The highest BCUT2D eigenvalue weighted by Gasteiger charge is 2.34. The van der Waals surface area contributed by atoms with Gasteiger partial charge >= 0.3 is 6.18 Å². The van der Waals surface area contributed by atoms with Crippen molar-refractivity contribution in [2.45, 2.75) is 37.6 Å². The molecule has 2 saturated heterocycles. The third kappa shape index (κ3) is 3.33. The average Bonchev–Trinajstić information content (AvgIpc) is 2.93. The van der Waals surface area contributed by atoms with Gasteiger partial charge in [-0.15, -0.1) is 0 Å². The van der Waals surface area contributed by atoms with Gasteiger partial charge in [0.05, 0.1) is 6.10 Å². The number of β-amino-alcohol motifs (C(OH)–C–C–N with tert-alkyl or cyclic N) is 1. The number of piperidine rings is 1. The molecule has 0 spiro atoms. The lowest BCUT2D eigenvalue weighted by Crippen LogP contribution is -2.45. The van der Waals surface area contributed by atoms with Gasteiger partial charge in [0.25, 0.3) is 0 Å². The molecule has 0 aromatic carbocycles. The summed E-state index contributed by atoms with van der Waals surface area (Å²) in [6.45, 7) is 2.87. The number of likely N-dealkylation sites (tertiary alicyclic amines) is 1. The maximum absolute atomic E-state index is 12.7. The lowest BCUT2D eigenvalue weighted by molar-refractivity contribution is -0.141. The quantitative estimate of drug-likeness (QED) is 0.897. The standard InChI is InChI=1S/C14H19F3N4O/c15-14(16,17)12-1-5-18-13(19-12)20-6-2-10(3-7-20)21-8-4-11(22)9-21/h1,5,10-11,22H,2-4,6-9H2. The molecule has 0 radical (unpaired) electrons. The molecule has 1 aromatic heterocycles. The molecule has 1 atom stereocenters. The van der Waals surface area contributed by atoms with Crippen LogP contribution in [0.1, 0.15) is 25.0 Å². The number of halogens is 3. The summed E-state index contributed by atoms with van der Waals surface area (Å²) < 4.78 is 38.1. The fourth-order valence-corrected chi connectivity index (χ4v) is 3.19. The van der Waals surface area contributed by atoms with Gasteiger partial charge in [-0.1, -0.05) is 0 Å². The van der Waals surface area contributed by atoms with Crippen molar-refractivity contribution >= 4 is 5.95 Å². The molecule has 1 aromatic rings. The van der Waals surface area contributed by atoms with E-state index in [1.807, 2.05) is 0 Å². The molecular formula is C14H19F3N4O. The van der Waals surface area contributed by atoms with E-state index in [1.54, 1.807) is 4.90 Å². The maximum Gasteiger partial charge on any atom is 0.433 e. The maximum atomic E-state index is 12.7. The lowest BCUT2D eigenvalue weighted by atomic mass is 10.0. The van der Waals surface area contributed by atoms with Crippen LogP contribution in [0.2, 0.25) is 0 Å². The fourth-order valence-electron chi connectivity index (χ4n) is 3.19. The first-order chi connectivity index (χ1) is 10.4. The van der Waals surface area contributed by atoms with Crippen LogP contribution in [0, 0.1) is 0 Å². The number of aliphatic hydroxyl groups excluding tert-OH is 1. The molecule has 2 aliphatic heterocycles. The summed E-state index contributed by atoms with van der Waals surface area (Å²) in [5.41, 5.74) is -0.901. The number of aromatic nitrogens is 2. The topological polar surface area (TPSA) is 52.5 Å². The molecule has 22 heavy (non-hydrogen) atoms. The molecule has 8 heteroatoms. The van der Waals surface area contributed by atoms with Crippen LogP contribution in [0.25, 0.3) is 0 Å². The molecule has 0 bridgehead atoms. The Kier molecular flexibility index (Phi) is 4.22. The van der Waals surface area contributed by atoms with Crippen molar-refractivity contribution in [3.8, 4) is 0 Å². The summed E-state index contributed by atoms with van der Waals surface area (Å²) in [7, 11) is 0. The number of alkyl halides is 3. The Morgan fingerprint density at radius 2 is 1.86 bits per heavy atom. The van der Waals surface area contributed by atoms with Gasteiger partial charge in [-0.2, -0.15) is 13.2 Å². The van der Waals surface area contributed by atoms with Gasteiger partial charge in [-0.05, 0) is 25.3 Å². The molecule has 0 aliphatic carbocycles. The van der Waals surface area contributed by atoms with E-state index in [9.17, 15) is 18.3 Å². The van der Waals surface area contributed by atoms with Crippen molar-refractivity contribution in [1.82, 2.24) is 14.9 Å². The third-order valence-corrected chi connectivity index (χ3v) is 4.39. The zero-order valence-corrected chi connectivity index (χ0v) is 12.1. The van der Waals surface area contributed by atoms with Crippen LogP contribution >= 0.6 is 0 Å². The summed E-state index contributed by atoms with van der Waals surface area (Å²) in [6.07, 6.45) is -1.02. The van der Waals surface area contributed by atoms with Gasteiger partial charge in [0, 0.05) is 38.4 Å². The van der Waals surface area contributed by atoms with Gasteiger partial charge in [0.2, 0.25) is 5.95 Å². The van der Waals surface area contributed by atoms with E-state index in [2.05, 4.69) is 14.9 Å². The van der Waals surface area contributed by atoms with Crippen molar-refractivity contribution in [1.29, 1.82) is 0 Å². The molecule has 1 N–H and O–H groups in total. The summed E-state index contributed by atoms with van der Waals surface area (Å²) >= 11 is 0. The number of aliphatic hydroxyl groups is 1. The highest BCUT2D eigenvalue weighted by Crippen LogP contribution is 2.29. The van der Waals surface area contributed by atoms with E-state index in [-0.39, 0.29) is 12.1 Å². The van der Waals surface area contributed by atoms with Crippen molar-refractivity contribution in [3.05, 3.63) is 18.0 Å². The van der Waals surface area contributed by atoms with Gasteiger partial charge in [0.15, 0.2) is 0 Å². The first-order valence-corrected chi connectivity index (χ1v) is 7.51. The van der Waals surface area contributed by atoms with Crippen LogP contribution in [0.4, 0.5) is 19.1 Å². The molecular weight excluding hydrogens is 297 g/mol. The zero-order chi connectivity index (χ0) is 15.7. The van der Waals surface area contributed by atoms with E-state index in [0.717, 1.165) is 38.1 Å². The molecule has 2 aliphatic rings. The molecule has 3 rings (SSSR count). The Hall–Kier alpha value is -1.41. The van der Waals surface area contributed by atoms with Crippen molar-refractivity contribution in [2.75, 3.05) is 31.1 Å². The molecule has 1 unspecified atom stereocenters. The van der Waals surface area contributed by atoms with E-state index in [1.165, 1.54) is 0 Å². The second kappa shape index (κ2) is 6.00. The number of hydrogen-bond acceptors (Lipinski definition) is 5. The summed E-state index contributed by atoms with van der Waals surface area (Å²) in [5, 5.41) is 9.59. The first-order valence-electron chi connectivity index (χ1n) is 7.51. The molecule has 3 heterocycles. The van der Waals surface area contributed by atoms with Crippen LogP contribution in [0.5, 0.6) is 0 Å². The van der Waals surface area contributed by atoms with Crippen LogP contribution in [-0.4, -0.2) is 58.3 Å². The second-order valence-corrected chi connectivity index (χ2v) is 5.90. The van der Waals surface area contributed by atoms with Crippen molar-refractivity contribution in [2.24, 2.45) is 0 Å². The minimum absolute atomic E-state index is 0.148. The van der Waals surface area contributed by atoms with Crippen LogP contribution in [0.3, 0.4) is 0 Å². The van der Waals surface area contributed by atoms with Crippen LogP contribution in [-0.2, 0) is 6.18 Å². The largest absolute Gasteiger partial charge is 0.433 e. The Bertz CT molecular complexity index is 517. The Labute approximate surface area is 126 Å². The zero-order valence-electron chi connectivity index (χ0n) is 12.1. The molecule has 2 fully saturated rings. The summed E-state index contributed by atoms with van der Waals surface area (Å²) in [4.78, 5) is 11.7. The Balaban J connectivity index is 1.62. The molecule has 0 saturated carbocycles. The van der Waals surface area contributed by atoms with Gasteiger partial charge < -0.3 is 10.0 Å². The molecule has 5 nitrogen and oxygen atoms in total. The van der Waals surface area contributed by atoms with E-state index < -0.39 is 11.9 Å². The molecule has 0 amide bonds. The molecule has 122 valence electrons. The number of anilines is 1. The van der Waals surface area contributed by atoms with Gasteiger partial charge in [-0.25, -0.2) is 9.97 Å². The SMILES string of the molecule is OC1CCN(C2CCN(c3nccc(C(F)(F)F)n3)CC2)C1. The smallest absolute Gasteiger partial charge is 0.392 e. The fraction of sp³-hybridized carbons (Fsp3) is 0.714. The summed E-state index contributed by atoms with van der Waals surface area (Å²) in [6, 6.07) is 1.28. The Morgan fingerprint density at radius 3 is 2.45 bits per heavy atom. The number of hydrogen-bond donors (Lipinski definition) is 1. The van der Waals surface area contributed by atoms with Crippen molar-refractivity contribution < 1.29 is 18.3 Å². The first kappa shape index (κ1) is 15.5. The normalized spacial score (nSPS) is 24.9. The second-order valence-electron chi connectivity index (χ2n) is 5.90. The highest BCUT2D eigenvalue weighted by atomic mass is 19.4. The van der Waals surface area contributed by atoms with Gasteiger partial charge in [-0.3, -0.25) is 4.90 Å². The average molecular weight is 316 g/mol.